The van der Waals surface area contributed by atoms with Gasteiger partial charge in [0.1, 0.15) is 11.3 Å². The zero-order valence-electron chi connectivity index (χ0n) is 7.83. The van der Waals surface area contributed by atoms with E-state index >= 15 is 0 Å². The summed E-state index contributed by atoms with van der Waals surface area (Å²) in [6, 6.07) is 2.65. The minimum Gasteiger partial charge on any atom is -0.388 e. The first-order chi connectivity index (χ1) is 6.59. The lowest BCUT2D eigenvalue weighted by molar-refractivity contribution is -0.0484. The molecule has 0 unspecified atom stereocenters. The molecular weight excluding hydrogens is 183 g/mol. The van der Waals surface area contributed by atoms with Crippen molar-refractivity contribution in [1.82, 2.24) is 4.57 Å². The van der Waals surface area contributed by atoms with Gasteiger partial charge in [-0.15, -0.1) is 0 Å². The number of aliphatic hydroxyl groups is 1. The summed E-state index contributed by atoms with van der Waals surface area (Å²) >= 11 is 0. The highest BCUT2D eigenvalue weighted by atomic mass is 19.1. The van der Waals surface area contributed by atoms with Gasteiger partial charge in [0.25, 0.3) is 0 Å². The average Bonchev–Trinajstić information content (AvgIpc) is 2.09. The van der Waals surface area contributed by atoms with Crippen molar-refractivity contribution in [2.45, 2.75) is 31.4 Å². The summed E-state index contributed by atoms with van der Waals surface area (Å²) in [6.07, 6.45) is 3.77. The molecule has 0 saturated heterocycles. The minimum absolute atomic E-state index is 0.228. The molecule has 1 aromatic rings. The number of aromatic nitrogens is 1. The molecule has 0 bridgehead atoms. The molecule has 1 aliphatic carbocycles. The Kier molecular flexibility index (Phi) is 2.15. The van der Waals surface area contributed by atoms with Crippen molar-refractivity contribution in [3.05, 3.63) is 29.6 Å². The first kappa shape index (κ1) is 9.40. The van der Waals surface area contributed by atoms with E-state index in [-0.39, 0.29) is 11.3 Å². The molecule has 2 N–H and O–H groups in total. The summed E-state index contributed by atoms with van der Waals surface area (Å²) in [5.41, 5.74) is -0.486. The highest BCUT2D eigenvalue weighted by Crippen LogP contribution is 2.32. The van der Waals surface area contributed by atoms with Gasteiger partial charge in [0, 0.05) is 6.20 Å². The van der Waals surface area contributed by atoms with E-state index in [9.17, 15) is 9.50 Å². The Morgan fingerprint density at radius 2 is 2.21 bits per heavy atom. The van der Waals surface area contributed by atoms with Gasteiger partial charge in [0.15, 0.2) is 0 Å². The van der Waals surface area contributed by atoms with Gasteiger partial charge in [0.2, 0.25) is 0 Å². The monoisotopic (exact) mass is 196 g/mol. The molecule has 0 aliphatic heterocycles. The molecule has 0 aromatic carbocycles. The molecule has 3 nitrogen and oxygen atoms in total. The van der Waals surface area contributed by atoms with E-state index in [1.807, 2.05) is 0 Å². The van der Waals surface area contributed by atoms with Crippen LogP contribution in [0.4, 0.5) is 4.39 Å². The van der Waals surface area contributed by atoms with Crippen LogP contribution in [-0.4, -0.2) is 15.3 Å². The standard InChI is InChI=1S/C10H13FN2O/c11-8-2-3-9(12)13(6-8)7-10(14)4-1-5-10/h2-3,6,12,14H,1,4-5,7H2. The predicted octanol–water partition coefficient (Wildman–Crippen LogP) is 1.02. The Morgan fingerprint density at radius 1 is 1.50 bits per heavy atom. The molecule has 14 heavy (non-hydrogen) atoms. The fourth-order valence-electron chi connectivity index (χ4n) is 1.71. The molecule has 0 atom stereocenters. The largest absolute Gasteiger partial charge is 0.388 e. The number of rotatable bonds is 2. The van der Waals surface area contributed by atoms with Crippen LogP contribution < -0.4 is 5.49 Å². The molecular formula is C10H13FN2O. The average molecular weight is 196 g/mol. The van der Waals surface area contributed by atoms with E-state index in [4.69, 9.17) is 5.41 Å². The number of pyridine rings is 1. The molecule has 1 saturated carbocycles. The highest BCUT2D eigenvalue weighted by molar-refractivity contribution is 4.97. The molecule has 1 aliphatic rings. The van der Waals surface area contributed by atoms with E-state index in [0.29, 0.717) is 6.54 Å². The Labute approximate surface area is 81.3 Å². The van der Waals surface area contributed by atoms with Crippen LogP contribution in [0.1, 0.15) is 19.3 Å². The Hall–Kier alpha value is -1.16. The number of halogens is 1. The first-order valence-corrected chi connectivity index (χ1v) is 4.72. The van der Waals surface area contributed by atoms with Gasteiger partial charge in [-0.1, -0.05) is 0 Å². The SMILES string of the molecule is N=c1ccc(F)cn1CC1(O)CCC1. The van der Waals surface area contributed by atoms with Crippen molar-refractivity contribution < 1.29 is 9.50 Å². The number of hydrogen-bond donors (Lipinski definition) is 2. The molecule has 0 amide bonds. The minimum atomic E-state index is -0.714. The van der Waals surface area contributed by atoms with Crippen LogP contribution in [-0.2, 0) is 6.54 Å². The molecule has 0 spiro atoms. The number of hydrogen-bond acceptors (Lipinski definition) is 2. The third-order valence-electron chi connectivity index (χ3n) is 2.74. The van der Waals surface area contributed by atoms with E-state index < -0.39 is 5.60 Å². The maximum Gasteiger partial charge on any atom is 0.139 e. The third-order valence-corrected chi connectivity index (χ3v) is 2.74. The highest BCUT2D eigenvalue weighted by Gasteiger charge is 2.34. The van der Waals surface area contributed by atoms with Crippen molar-refractivity contribution in [1.29, 1.82) is 5.41 Å². The van der Waals surface area contributed by atoms with Crippen LogP contribution in [0.25, 0.3) is 0 Å². The second kappa shape index (κ2) is 3.20. The van der Waals surface area contributed by atoms with Crippen molar-refractivity contribution in [3.8, 4) is 0 Å². The van der Waals surface area contributed by atoms with Crippen molar-refractivity contribution in [2.24, 2.45) is 0 Å². The Balaban J connectivity index is 2.23. The van der Waals surface area contributed by atoms with Gasteiger partial charge in [0.05, 0.1) is 12.1 Å². The smallest absolute Gasteiger partial charge is 0.139 e. The van der Waals surface area contributed by atoms with Crippen LogP contribution in [0.2, 0.25) is 0 Å². The second-order valence-electron chi connectivity index (χ2n) is 3.94. The van der Waals surface area contributed by atoms with Crippen LogP contribution in [0, 0.1) is 11.2 Å². The van der Waals surface area contributed by atoms with Crippen molar-refractivity contribution in [3.63, 3.8) is 0 Å². The maximum atomic E-state index is 12.9. The van der Waals surface area contributed by atoms with Gasteiger partial charge in [-0.3, -0.25) is 5.41 Å². The normalized spacial score (nSPS) is 19.0. The van der Waals surface area contributed by atoms with E-state index in [2.05, 4.69) is 0 Å². The van der Waals surface area contributed by atoms with Gasteiger partial charge in [-0.2, -0.15) is 0 Å². The fraction of sp³-hybridized carbons (Fsp3) is 0.500. The van der Waals surface area contributed by atoms with E-state index in [1.54, 1.807) is 0 Å². The number of nitrogens with zero attached hydrogens (tertiary/aromatic N) is 1. The lowest BCUT2D eigenvalue weighted by Gasteiger charge is -2.37. The zero-order chi connectivity index (χ0) is 10.2. The van der Waals surface area contributed by atoms with Gasteiger partial charge in [-0.05, 0) is 31.4 Å². The molecule has 4 heteroatoms. The Bertz CT molecular complexity index is 395. The summed E-state index contributed by atoms with van der Waals surface area (Å²) in [6.45, 7) is 0.323. The lowest BCUT2D eigenvalue weighted by Crippen LogP contribution is -2.43. The summed E-state index contributed by atoms with van der Waals surface area (Å²) in [5, 5.41) is 17.4. The summed E-state index contributed by atoms with van der Waals surface area (Å²) in [4.78, 5) is 0. The van der Waals surface area contributed by atoms with Crippen LogP contribution in [0.3, 0.4) is 0 Å². The predicted molar refractivity (Wildman–Crippen MR) is 49.0 cm³/mol. The van der Waals surface area contributed by atoms with Crippen molar-refractivity contribution in [2.75, 3.05) is 0 Å². The summed E-state index contributed by atoms with van der Waals surface area (Å²) in [5.74, 6) is -0.371. The van der Waals surface area contributed by atoms with Crippen molar-refractivity contribution >= 4 is 0 Å². The molecule has 1 aromatic heterocycles. The zero-order valence-corrected chi connectivity index (χ0v) is 7.83. The Morgan fingerprint density at radius 3 is 2.79 bits per heavy atom. The summed E-state index contributed by atoms with van der Waals surface area (Å²) < 4.78 is 14.3. The second-order valence-corrected chi connectivity index (χ2v) is 3.94. The summed E-state index contributed by atoms with van der Waals surface area (Å²) in [7, 11) is 0. The lowest BCUT2D eigenvalue weighted by atomic mass is 9.80. The van der Waals surface area contributed by atoms with Crippen LogP contribution in [0.5, 0.6) is 0 Å². The number of nitrogens with one attached hydrogen (secondary N) is 1. The molecule has 0 radical (unpaired) electrons. The third kappa shape index (κ3) is 1.70. The molecule has 2 rings (SSSR count). The molecule has 76 valence electrons. The first-order valence-electron chi connectivity index (χ1n) is 4.72. The molecule has 1 heterocycles. The maximum absolute atomic E-state index is 12.9. The fourth-order valence-corrected chi connectivity index (χ4v) is 1.71. The van der Waals surface area contributed by atoms with Crippen LogP contribution >= 0.6 is 0 Å². The molecule has 1 fully saturated rings. The van der Waals surface area contributed by atoms with Crippen LogP contribution in [0.15, 0.2) is 18.3 Å². The topological polar surface area (TPSA) is 49.0 Å². The quantitative estimate of drug-likeness (QED) is 0.729. The van der Waals surface area contributed by atoms with Gasteiger partial charge < -0.3 is 9.67 Å². The van der Waals surface area contributed by atoms with Gasteiger partial charge in [-0.25, -0.2) is 4.39 Å². The van der Waals surface area contributed by atoms with E-state index in [0.717, 1.165) is 19.3 Å². The van der Waals surface area contributed by atoms with E-state index in [1.165, 1.54) is 22.9 Å². The van der Waals surface area contributed by atoms with Gasteiger partial charge >= 0.3 is 0 Å².